The van der Waals surface area contributed by atoms with E-state index in [1.54, 1.807) is 29.6 Å². The van der Waals surface area contributed by atoms with Crippen molar-refractivity contribution in [2.24, 2.45) is 0 Å². The number of pyridine rings is 2. The Kier molecular flexibility index (Phi) is 3.61. The number of rotatable bonds is 2. The third kappa shape index (κ3) is 2.68. The van der Waals surface area contributed by atoms with Crippen LogP contribution in [0.25, 0.3) is 9.69 Å². The van der Waals surface area contributed by atoms with Crippen LogP contribution >= 0.6 is 0 Å². The predicted octanol–water partition coefficient (Wildman–Crippen LogP) is 3.19. The Hall–Kier alpha value is -3.46. The SMILES string of the molecule is [C-]#[N+]c1cc(N2[B]N(c3cc([N+]#[C-])c(F)cn3)C=C2)ncc1F. The second-order valence-electron chi connectivity index (χ2n) is 4.44. The summed E-state index contributed by atoms with van der Waals surface area (Å²) < 4.78 is 26.6. The molecule has 1 aliphatic heterocycles. The first-order chi connectivity index (χ1) is 11.1. The van der Waals surface area contributed by atoms with Gasteiger partial charge in [0.25, 0.3) is 0 Å². The van der Waals surface area contributed by atoms with Gasteiger partial charge in [0.2, 0.25) is 11.4 Å². The molecule has 1 aliphatic rings. The highest BCUT2D eigenvalue weighted by atomic mass is 19.1. The summed E-state index contributed by atoms with van der Waals surface area (Å²) in [7, 11) is 1.57. The first-order valence-corrected chi connectivity index (χ1v) is 6.28. The summed E-state index contributed by atoms with van der Waals surface area (Å²) in [6.45, 7) is 13.8. The lowest BCUT2D eigenvalue weighted by Gasteiger charge is -2.18. The van der Waals surface area contributed by atoms with E-state index in [0.717, 1.165) is 12.4 Å². The molecule has 1 radical (unpaired) electrons. The maximum atomic E-state index is 13.3. The van der Waals surface area contributed by atoms with Crippen molar-refractivity contribution < 1.29 is 8.78 Å². The van der Waals surface area contributed by atoms with Gasteiger partial charge in [0.1, 0.15) is 23.3 Å². The van der Waals surface area contributed by atoms with Crippen LogP contribution in [0.1, 0.15) is 0 Å². The van der Waals surface area contributed by atoms with E-state index in [1.807, 2.05) is 0 Å². The number of nitrogens with zero attached hydrogens (tertiary/aromatic N) is 6. The van der Waals surface area contributed by atoms with Crippen molar-refractivity contribution in [2.75, 3.05) is 9.62 Å². The molecule has 0 unspecified atom stereocenters. The molecule has 0 aromatic carbocycles. The molecule has 0 N–H and O–H groups in total. The zero-order valence-corrected chi connectivity index (χ0v) is 11.5. The van der Waals surface area contributed by atoms with Crippen molar-refractivity contribution in [2.45, 2.75) is 0 Å². The maximum Gasteiger partial charge on any atom is 0.402 e. The average molecular weight is 307 g/mol. The average Bonchev–Trinajstić information content (AvgIpc) is 3.05. The van der Waals surface area contributed by atoms with Gasteiger partial charge in [-0.25, -0.2) is 28.4 Å². The van der Waals surface area contributed by atoms with Crippen molar-refractivity contribution in [1.82, 2.24) is 9.97 Å². The largest absolute Gasteiger partial charge is 0.402 e. The minimum absolute atomic E-state index is 0.134. The van der Waals surface area contributed by atoms with Crippen LogP contribution in [0.15, 0.2) is 36.9 Å². The lowest BCUT2D eigenvalue weighted by Crippen LogP contribution is -2.30. The van der Waals surface area contributed by atoms with Gasteiger partial charge in [-0.3, -0.25) is 0 Å². The van der Waals surface area contributed by atoms with Crippen molar-refractivity contribution in [1.29, 1.82) is 0 Å². The van der Waals surface area contributed by atoms with Crippen molar-refractivity contribution in [3.05, 3.63) is 71.4 Å². The Morgan fingerprint density at radius 1 is 0.870 bits per heavy atom. The molecule has 0 spiro atoms. The minimum atomic E-state index is -0.689. The first-order valence-electron chi connectivity index (χ1n) is 6.28. The summed E-state index contributed by atoms with van der Waals surface area (Å²) in [5, 5.41) is 0. The van der Waals surface area contributed by atoms with Crippen molar-refractivity contribution >= 4 is 30.6 Å². The monoisotopic (exact) mass is 307 g/mol. The highest BCUT2D eigenvalue weighted by Crippen LogP contribution is 2.27. The summed E-state index contributed by atoms with van der Waals surface area (Å²) >= 11 is 0. The molecule has 0 saturated carbocycles. The lowest BCUT2D eigenvalue weighted by molar-refractivity contribution is 0.627. The Balaban J connectivity index is 1.84. The highest BCUT2D eigenvalue weighted by Gasteiger charge is 2.22. The van der Waals surface area contributed by atoms with Gasteiger partial charge in [0.15, 0.2) is 0 Å². The fraction of sp³-hybridized carbons (Fsp3) is 0. The van der Waals surface area contributed by atoms with Gasteiger partial charge < -0.3 is 9.62 Å². The van der Waals surface area contributed by atoms with E-state index in [4.69, 9.17) is 13.1 Å². The molecule has 109 valence electrons. The van der Waals surface area contributed by atoms with Gasteiger partial charge in [0, 0.05) is 12.4 Å². The molecule has 23 heavy (non-hydrogen) atoms. The molecular formula is C14H6BF2N6. The van der Waals surface area contributed by atoms with Gasteiger partial charge in [0.05, 0.1) is 25.5 Å². The number of anilines is 2. The standard InChI is InChI=1S/C14H6BF2N6/c1-18-11-5-13(20-7-9(11)16)22-3-4-23(15-22)14-6-12(19-2)10(17)8-21-14/h3-8H. The fourth-order valence-corrected chi connectivity index (χ4v) is 1.91. The quantitative estimate of drug-likeness (QED) is 0.631. The third-order valence-corrected chi connectivity index (χ3v) is 3.05. The van der Waals surface area contributed by atoms with E-state index in [2.05, 4.69) is 19.7 Å². The van der Waals surface area contributed by atoms with Crippen molar-refractivity contribution in [3.63, 3.8) is 0 Å². The molecule has 0 saturated heterocycles. The molecule has 2 aromatic heterocycles. The van der Waals surface area contributed by atoms with Crippen LogP contribution in [-0.4, -0.2) is 17.5 Å². The molecule has 0 amide bonds. The van der Waals surface area contributed by atoms with Gasteiger partial charge in [-0.15, -0.1) is 0 Å². The first kappa shape index (κ1) is 14.5. The molecule has 3 heterocycles. The number of hydrogen-bond acceptors (Lipinski definition) is 4. The molecule has 0 bridgehead atoms. The molecule has 0 atom stereocenters. The van der Waals surface area contributed by atoms with Gasteiger partial charge in [-0.1, -0.05) is 0 Å². The fourth-order valence-electron chi connectivity index (χ4n) is 1.91. The lowest BCUT2D eigenvalue weighted by atomic mass is 10.1. The molecule has 0 aliphatic carbocycles. The van der Waals surface area contributed by atoms with Gasteiger partial charge in [-0.05, 0) is 12.1 Å². The third-order valence-electron chi connectivity index (χ3n) is 3.05. The summed E-state index contributed by atoms with van der Waals surface area (Å²) in [5.74, 6) is -0.677. The highest BCUT2D eigenvalue weighted by molar-refractivity contribution is 6.49. The molecular weight excluding hydrogens is 301 g/mol. The van der Waals surface area contributed by atoms with Crippen LogP contribution in [0.5, 0.6) is 0 Å². The van der Waals surface area contributed by atoms with Gasteiger partial charge >= 0.3 is 7.55 Å². The predicted molar refractivity (Wildman–Crippen MR) is 80.8 cm³/mol. The van der Waals surface area contributed by atoms with Crippen LogP contribution in [0.3, 0.4) is 0 Å². The van der Waals surface area contributed by atoms with Crippen LogP contribution in [0.4, 0.5) is 31.8 Å². The second kappa shape index (κ2) is 5.74. The molecule has 0 fully saturated rings. The summed E-state index contributed by atoms with van der Waals surface area (Å²) in [4.78, 5) is 17.1. The molecule has 9 heteroatoms. The second-order valence-corrected chi connectivity index (χ2v) is 4.44. The molecule has 2 aromatic rings. The van der Waals surface area contributed by atoms with Gasteiger partial charge in [-0.2, -0.15) is 0 Å². The van der Waals surface area contributed by atoms with E-state index in [9.17, 15) is 8.78 Å². The Morgan fingerprint density at radius 3 is 1.70 bits per heavy atom. The smallest absolute Gasteiger partial charge is 0.359 e. The topological polar surface area (TPSA) is 41.0 Å². The zero-order chi connectivity index (χ0) is 16.4. The number of halogens is 2. The summed E-state index contributed by atoms with van der Waals surface area (Å²) in [5.41, 5.74) is -0.268. The van der Waals surface area contributed by atoms with Crippen LogP contribution in [0.2, 0.25) is 0 Å². The maximum absolute atomic E-state index is 13.3. The van der Waals surface area contributed by atoms with E-state index >= 15 is 0 Å². The minimum Gasteiger partial charge on any atom is -0.359 e. The van der Waals surface area contributed by atoms with Crippen LogP contribution in [0, 0.1) is 24.8 Å². The summed E-state index contributed by atoms with van der Waals surface area (Å²) in [6.07, 6.45) is 5.19. The van der Waals surface area contributed by atoms with E-state index in [-0.39, 0.29) is 11.4 Å². The Bertz CT molecular complexity index is 814. The van der Waals surface area contributed by atoms with Crippen LogP contribution in [-0.2, 0) is 0 Å². The van der Waals surface area contributed by atoms with E-state index in [0.29, 0.717) is 11.6 Å². The van der Waals surface area contributed by atoms with Crippen LogP contribution < -0.4 is 9.62 Å². The summed E-state index contributed by atoms with van der Waals surface area (Å²) in [6, 6.07) is 2.63. The van der Waals surface area contributed by atoms with E-state index < -0.39 is 11.6 Å². The van der Waals surface area contributed by atoms with Crippen molar-refractivity contribution in [3.8, 4) is 0 Å². The Labute approximate surface area is 131 Å². The Morgan fingerprint density at radius 2 is 1.30 bits per heavy atom. The normalized spacial score (nSPS) is 12.7. The number of aromatic nitrogens is 2. The molecule has 3 rings (SSSR count). The molecule has 6 nitrogen and oxygen atoms in total. The van der Waals surface area contributed by atoms with E-state index in [1.165, 1.54) is 12.1 Å². The number of hydrogen-bond donors (Lipinski definition) is 0. The zero-order valence-electron chi connectivity index (χ0n) is 11.5.